The maximum atomic E-state index is 12.0. The molecular weight excluding hydrogens is 354 g/mol. The lowest BCUT2D eigenvalue weighted by Crippen LogP contribution is -2.22. The van der Waals surface area contributed by atoms with Crippen LogP contribution in [0.25, 0.3) is 0 Å². The van der Waals surface area contributed by atoms with E-state index in [1.54, 1.807) is 42.2 Å². The summed E-state index contributed by atoms with van der Waals surface area (Å²) in [4.78, 5) is 33.6. The molecule has 26 heavy (non-hydrogen) atoms. The van der Waals surface area contributed by atoms with Crippen molar-refractivity contribution < 1.29 is 5.11 Å². The van der Waals surface area contributed by atoms with E-state index in [-0.39, 0.29) is 16.3 Å². The molecule has 0 aliphatic heterocycles. The average molecular weight is 369 g/mol. The van der Waals surface area contributed by atoms with Crippen LogP contribution in [0.4, 0.5) is 11.4 Å². The lowest BCUT2D eigenvalue weighted by molar-refractivity contribution is 0.487. The van der Waals surface area contributed by atoms with E-state index in [1.165, 1.54) is 0 Å². The summed E-state index contributed by atoms with van der Waals surface area (Å²) in [7, 11) is 1.81. The van der Waals surface area contributed by atoms with Gasteiger partial charge in [0.1, 0.15) is 5.56 Å². The fourth-order valence-corrected chi connectivity index (χ4v) is 2.95. The molecule has 0 fully saturated rings. The zero-order valence-corrected chi connectivity index (χ0v) is 14.8. The molecule has 0 radical (unpaired) electrons. The first-order chi connectivity index (χ1) is 12.5. The van der Waals surface area contributed by atoms with E-state index in [0.29, 0.717) is 22.7 Å². The SMILES string of the molecule is CC(=Nc1ccccc1N=Cc1ccnn1C)c1c(O)sc(=O)[nH]c1=O. The Labute approximate surface area is 151 Å². The Kier molecular flexibility index (Phi) is 4.90. The van der Waals surface area contributed by atoms with E-state index in [1.807, 2.05) is 19.2 Å². The van der Waals surface area contributed by atoms with E-state index < -0.39 is 10.4 Å². The van der Waals surface area contributed by atoms with Gasteiger partial charge < -0.3 is 5.11 Å². The molecule has 0 aliphatic carbocycles. The molecule has 0 spiro atoms. The molecule has 2 heterocycles. The Balaban J connectivity index is 2.02. The van der Waals surface area contributed by atoms with Gasteiger partial charge in [0.15, 0.2) is 5.06 Å². The molecule has 1 aromatic carbocycles. The lowest BCUT2D eigenvalue weighted by Gasteiger charge is -2.04. The van der Waals surface area contributed by atoms with Crippen molar-refractivity contribution in [1.82, 2.24) is 14.8 Å². The Hall–Kier alpha value is -3.33. The molecule has 2 aromatic heterocycles. The molecule has 0 saturated heterocycles. The summed E-state index contributed by atoms with van der Waals surface area (Å²) in [5.74, 6) is 0. The molecule has 8 nitrogen and oxygen atoms in total. The summed E-state index contributed by atoms with van der Waals surface area (Å²) in [5, 5.41) is 13.6. The fraction of sp³-hybridized carbons (Fsp3) is 0.118. The molecule has 0 unspecified atom stereocenters. The molecule has 2 N–H and O–H groups in total. The number of aromatic nitrogens is 3. The van der Waals surface area contributed by atoms with Crippen LogP contribution >= 0.6 is 11.3 Å². The number of H-pyrrole nitrogens is 1. The van der Waals surface area contributed by atoms with Gasteiger partial charge in [0.25, 0.3) is 5.56 Å². The van der Waals surface area contributed by atoms with Crippen LogP contribution in [0.3, 0.4) is 0 Å². The first-order valence-electron chi connectivity index (χ1n) is 7.59. The molecule has 132 valence electrons. The number of hydrogen-bond donors (Lipinski definition) is 2. The summed E-state index contributed by atoms with van der Waals surface area (Å²) in [6.45, 7) is 1.59. The lowest BCUT2D eigenvalue weighted by atomic mass is 10.2. The monoisotopic (exact) mass is 369 g/mol. The largest absolute Gasteiger partial charge is 0.499 e. The zero-order valence-electron chi connectivity index (χ0n) is 14.0. The second-order valence-corrected chi connectivity index (χ2v) is 6.31. The van der Waals surface area contributed by atoms with Crippen LogP contribution in [0.1, 0.15) is 18.2 Å². The number of aryl methyl sites for hydroxylation is 1. The van der Waals surface area contributed by atoms with Gasteiger partial charge >= 0.3 is 4.87 Å². The number of benzene rings is 1. The smallest absolute Gasteiger partial charge is 0.310 e. The van der Waals surface area contributed by atoms with E-state index in [9.17, 15) is 14.7 Å². The van der Waals surface area contributed by atoms with Gasteiger partial charge in [-0.2, -0.15) is 5.10 Å². The quantitative estimate of drug-likeness (QED) is 0.686. The Morgan fingerprint density at radius 1 is 1.27 bits per heavy atom. The van der Waals surface area contributed by atoms with Gasteiger partial charge in [-0.15, -0.1) is 0 Å². The number of rotatable bonds is 4. The van der Waals surface area contributed by atoms with Crippen LogP contribution in [0.5, 0.6) is 5.06 Å². The third-order valence-corrected chi connectivity index (χ3v) is 4.26. The Morgan fingerprint density at radius 3 is 2.65 bits per heavy atom. The molecule has 0 aliphatic rings. The first kappa shape index (κ1) is 17.5. The highest BCUT2D eigenvalue weighted by atomic mass is 32.1. The third kappa shape index (κ3) is 3.67. The van der Waals surface area contributed by atoms with E-state index in [2.05, 4.69) is 20.1 Å². The van der Waals surface area contributed by atoms with Crippen molar-refractivity contribution in [2.45, 2.75) is 6.92 Å². The Morgan fingerprint density at radius 2 is 2.00 bits per heavy atom. The number of aromatic hydroxyl groups is 1. The van der Waals surface area contributed by atoms with Gasteiger partial charge in [0.05, 0.1) is 29.0 Å². The van der Waals surface area contributed by atoms with Crippen LogP contribution in [0.15, 0.2) is 56.1 Å². The summed E-state index contributed by atoms with van der Waals surface area (Å²) in [6, 6.07) is 8.97. The fourth-order valence-electron chi connectivity index (χ4n) is 2.29. The Bertz CT molecular complexity index is 1120. The van der Waals surface area contributed by atoms with E-state index in [0.717, 1.165) is 5.69 Å². The van der Waals surface area contributed by atoms with Crippen molar-refractivity contribution in [3.63, 3.8) is 0 Å². The second-order valence-electron chi connectivity index (χ2n) is 5.35. The van der Waals surface area contributed by atoms with Crippen LogP contribution in [-0.4, -0.2) is 31.8 Å². The minimum absolute atomic E-state index is 0.0278. The zero-order chi connectivity index (χ0) is 18.7. The summed E-state index contributed by atoms with van der Waals surface area (Å²) in [6.07, 6.45) is 3.33. The predicted molar refractivity (Wildman–Crippen MR) is 102 cm³/mol. The molecule has 3 rings (SSSR count). The highest BCUT2D eigenvalue weighted by molar-refractivity contribution is 7.11. The van der Waals surface area contributed by atoms with E-state index in [4.69, 9.17) is 0 Å². The van der Waals surface area contributed by atoms with E-state index >= 15 is 0 Å². The van der Waals surface area contributed by atoms with Gasteiger partial charge in [-0.05, 0) is 36.5 Å². The maximum absolute atomic E-state index is 12.0. The van der Waals surface area contributed by atoms with Gasteiger partial charge in [0.2, 0.25) is 0 Å². The van der Waals surface area contributed by atoms with Crippen LogP contribution in [0.2, 0.25) is 0 Å². The van der Waals surface area contributed by atoms with Crippen molar-refractivity contribution in [3.05, 3.63) is 67.8 Å². The van der Waals surface area contributed by atoms with Gasteiger partial charge in [-0.25, -0.2) is 0 Å². The highest BCUT2D eigenvalue weighted by Gasteiger charge is 2.13. The molecule has 3 aromatic rings. The maximum Gasteiger partial charge on any atom is 0.310 e. The van der Waals surface area contributed by atoms with Crippen LogP contribution in [0, 0.1) is 0 Å². The van der Waals surface area contributed by atoms with Crippen molar-refractivity contribution in [2.24, 2.45) is 17.0 Å². The summed E-state index contributed by atoms with van der Waals surface area (Å²) < 4.78 is 1.68. The summed E-state index contributed by atoms with van der Waals surface area (Å²) in [5.41, 5.74) is 1.51. The molecule has 0 saturated carbocycles. The third-order valence-electron chi connectivity index (χ3n) is 3.57. The molecular formula is C17H15N5O3S. The molecule has 0 amide bonds. The van der Waals surface area contributed by atoms with Crippen LogP contribution in [-0.2, 0) is 7.05 Å². The molecule has 0 bridgehead atoms. The first-order valence-corrected chi connectivity index (χ1v) is 8.40. The number of aliphatic imine (C=N–C) groups is 2. The van der Waals surface area contributed by atoms with Gasteiger partial charge in [-0.1, -0.05) is 12.1 Å². The second kappa shape index (κ2) is 7.28. The normalized spacial score (nSPS) is 12.0. The average Bonchev–Trinajstić information content (AvgIpc) is 2.98. The standard InChI is InChI=1S/C17H15N5O3S/c1-10(14-15(23)21-17(25)26-16(14)24)20-13-6-4-3-5-12(13)18-9-11-7-8-19-22(11)2/h3-9,24H,1-2H3,(H,21,23,25). The van der Waals surface area contributed by atoms with Crippen molar-refractivity contribution in [1.29, 1.82) is 0 Å². The minimum Gasteiger partial charge on any atom is -0.499 e. The number of aromatic amines is 1. The number of para-hydroxylation sites is 2. The number of nitrogens with one attached hydrogen (secondary N) is 1. The molecule has 0 atom stereocenters. The van der Waals surface area contributed by atoms with Crippen molar-refractivity contribution in [2.75, 3.05) is 0 Å². The van der Waals surface area contributed by atoms with Crippen LogP contribution < -0.4 is 10.4 Å². The topological polar surface area (TPSA) is 113 Å². The van der Waals surface area contributed by atoms with Gasteiger partial charge in [-0.3, -0.25) is 29.2 Å². The highest BCUT2D eigenvalue weighted by Crippen LogP contribution is 2.28. The minimum atomic E-state index is -0.677. The number of hydrogen-bond acceptors (Lipinski definition) is 7. The molecule has 9 heteroatoms. The van der Waals surface area contributed by atoms with Gasteiger partial charge in [0, 0.05) is 13.2 Å². The number of nitrogens with zero attached hydrogens (tertiary/aromatic N) is 4. The van der Waals surface area contributed by atoms with Crippen molar-refractivity contribution in [3.8, 4) is 5.06 Å². The summed E-state index contributed by atoms with van der Waals surface area (Å²) >= 11 is 0.550. The van der Waals surface area contributed by atoms with Crippen molar-refractivity contribution >= 4 is 34.6 Å². The predicted octanol–water partition coefficient (Wildman–Crippen LogP) is 2.13.